The number of hydrogen-bond acceptors (Lipinski definition) is 3. The van der Waals surface area contributed by atoms with E-state index in [1.54, 1.807) is 7.11 Å². The van der Waals surface area contributed by atoms with E-state index in [2.05, 4.69) is 36.6 Å². The van der Waals surface area contributed by atoms with Crippen LogP contribution in [0.25, 0.3) is 0 Å². The maximum Gasteiger partial charge on any atom is 0.0635 e. The Hall–Kier alpha value is -1.22. The van der Waals surface area contributed by atoms with Gasteiger partial charge < -0.3 is 15.4 Å². The summed E-state index contributed by atoms with van der Waals surface area (Å²) in [7, 11) is 3.65. The molecule has 0 saturated carbocycles. The number of anilines is 2. The van der Waals surface area contributed by atoms with E-state index in [-0.39, 0.29) is 0 Å². The lowest BCUT2D eigenvalue weighted by Gasteiger charge is -2.14. The summed E-state index contributed by atoms with van der Waals surface area (Å²) in [5.74, 6) is 0. The normalized spacial score (nSPS) is 10.1. The van der Waals surface area contributed by atoms with Gasteiger partial charge >= 0.3 is 0 Å². The number of aryl methyl sites for hydroxylation is 2. The second-order valence-electron chi connectivity index (χ2n) is 3.65. The van der Waals surface area contributed by atoms with Crippen LogP contribution in [0.15, 0.2) is 12.1 Å². The Labute approximate surface area is 91.8 Å². The van der Waals surface area contributed by atoms with Gasteiger partial charge in [-0.2, -0.15) is 0 Å². The average Bonchev–Trinajstić information content (AvgIpc) is 2.23. The van der Waals surface area contributed by atoms with Gasteiger partial charge in [0.1, 0.15) is 0 Å². The van der Waals surface area contributed by atoms with Crippen molar-refractivity contribution in [1.29, 1.82) is 0 Å². The zero-order valence-corrected chi connectivity index (χ0v) is 9.98. The van der Waals surface area contributed by atoms with Crippen LogP contribution in [0.3, 0.4) is 0 Å². The van der Waals surface area contributed by atoms with Crippen LogP contribution in [0.1, 0.15) is 11.1 Å². The van der Waals surface area contributed by atoms with E-state index in [0.717, 1.165) is 24.5 Å². The Morgan fingerprint density at radius 3 is 2.27 bits per heavy atom. The fourth-order valence-corrected chi connectivity index (χ4v) is 1.46. The average molecular weight is 208 g/mol. The minimum Gasteiger partial charge on any atom is -0.386 e. The quantitative estimate of drug-likeness (QED) is 0.729. The first kappa shape index (κ1) is 11.9. The fourth-order valence-electron chi connectivity index (χ4n) is 1.46. The first-order chi connectivity index (χ1) is 7.19. The van der Waals surface area contributed by atoms with Crippen molar-refractivity contribution in [2.24, 2.45) is 0 Å². The van der Waals surface area contributed by atoms with Crippen molar-refractivity contribution in [3.63, 3.8) is 0 Å². The third-order valence-corrected chi connectivity index (χ3v) is 2.52. The van der Waals surface area contributed by atoms with Crippen LogP contribution in [0, 0.1) is 13.8 Å². The van der Waals surface area contributed by atoms with Gasteiger partial charge in [0, 0.05) is 20.7 Å². The van der Waals surface area contributed by atoms with Crippen molar-refractivity contribution in [3.8, 4) is 0 Å². The van der Waals surface area contributed by atoms with E-state index >= 15 is 0 Å². The molecule has 0 amide bonds. The van der Waals surface area contributed by atoms with E-state index < -0.39 is 0 Å². The molecule has 84 valence electrons. The molecule has 0 radical (unpaired) electrons. The van der Waals surface area contributed by atoms with Gasteiger partial charge in [-0.25, -0.2) is 0 Å². The molecule has 2 N–H and O–H groups in total. The molecular weight excluding hydrogens is 188 g/mol. The van der Waals surface area contributed by atoms with E-state index in [1.165, 1.54) is 11.1 Å². The molecule has 1 rings (SSSR count). The Morgan fingerprint density at radius 2 is 1.73 bits per heavy atom. The monoisotopic (exact) mass is 208 g/mol. The summed E-state index contributed by atoms with van der Waals surface area (Å²) in [6, 6.07) is 4.32. The highest BCUT2D eigenvalue weighted by atomic mass is 16.5. The molecule has 0 saturated heterocycles. The highest BCUT2D eigenvalue weighted by Gasteiger charge is 2.03. The summed E-state index contributed by atoms with van der Waals surface area (Å²) in [5, 5.41) is 6.53. The number of methoxy groups -OCH3 is 1. The number of hydrogen-bond donors (Lipinski definition) is 2. The molecule has 0 aromatic heterocycles. The fraction of sp³-hybridized carbons (Fsp3) is 0.500. The molecule has 0 aliphatic heterocycles. The van der Waals surface area contributed by atoms with Gasteiger partial charge in [-0.3, -0.25) is 0 Å². The van der Waals surface area contributed by atoms with Crippen molar-refractivity contribution in [2.75, 3.05) is 37.9 Å². The van der Waals surface area contributed by atoms with Gasteiger partial charge in [0.2, 0.25) is 0 Å². The lowest BCUT2D eigenvalue weighted by atomic mass is 10.1. The number of nitrogens with one attached hydrogen (secondary N) is 2. The summed E-state index contributed by atoms with van der Waals surface area (Å²) in [5.41, 5.74) is 4.87. The smallest absolute Gasteiger partial charge is 0.0635 e. The molecule has 0 fully saturated rings. The standard InChI is InChI=1S/C12H20N2O/c1-9-7-11(13-3)12(8-10(9)2)14-5-6-15-4/h7-8,13-14H,5-6H2,1-4H3. The minimum atomic E-state index is 0.718. The van der Waals surface area contributed by atoms with Crippen LogP contribution in [0.2, 0.25) is 0 Å². The lowest BCUT2D eigenvalue weighted by molar-refractivity contribution is 0.211. The summed E-state index contributed by atoms with van der Waals surface area (Å²) >= 11 is 0. The van der Waals surface area contributed by atoms with Gasteiger partial charge in [-0.1, -0.05) is 0 Å². The largest absolute Gasteiger partial charge is 0.386 e. The van der Waals surface area contributed by atoms with E-state index in [0.29, 0.717) is 0 Å². The molecule has 3 nitrogen and oxygen atoms in total. The van der Waals surface area contributed by atoms with Crippen molar-refractivity contribution >= 4 is 11.4 Å². The molecule has 1 aromatic rings. The summed E-state index contributed by atoms with van der Waals surface area (Å²) in [6.07, 6.45) is 0. The summed E-state index contributed by atoms with van der Waals surface area (Å²) in [4.78, 5) is 0. The summed E-state index contributed by atoms with van der Waals surface area (Å²) < 4.78 is 5.01. The number of rotatable bonds is 5. The van der Waals surface area contributed by atoms with Crippen molar-refractivity contribution in [3.05, 3.63) is 23.3 Å². The molecule has 0 bridgehead atoms. The summed E-state index contributed by atoms with van der Waals surface area (Å²) in [6.45, 7) is 5.79. The molecule has 3 heteroatoms. The lowest BCUT2D eigenvalue weighted by Crippen LogP contribution is -2.09. The molecule has 0 atom stereocenters. The molecule has 15 heavy (non-hydrogen) atoms. The third kappa shape index (κ3) is 3.13. The molecular formula is C12H20N2O. The zero-order valence-electron chi connectivity index (χ0n) is 9.98. The Bertz CT molecular complexity index is 324. The Kier molecular flexibility index (Phi) is 4.43. The van der Waals surface area contributed by atoms with Gasteiger partial charge in [-0.05, 0) is 37.1 Å². The molecule has 0 spiro atoms. The molecule has 0 unspecified atom stereocenters. The van der Waals surface area contributed by atoms with Gasteiger partial charge in [0.05, 0.1) is 18.0 Å². The van der Waals surface area contributed by atoms with E-state index in [4.69, 9.17) is 4.74 Å². The van der Waals surface area contributed by atoms with E-state index in [1.807, 2.05) is 7.05 Å². The molecule has 0 heterocycles. The highest BCUT2D eigenvalue weighted by molar-refractivity contribution is 5.70. The topological polar surface area (TPSA) is 33.3 Å². The van der Waals surface area contributed by atoms with Crippen LogP contribution in [-0.2, 0) is 4.74 Å². The van der Waals surface area contributed by atoms with Gasteiger partial charge in [0.15, 0.2) is 0 Å². The predicted octanol–water partition coefficient (Wildman–Crippen LogP) is 2.40. The second-order valence-corrected chi connectivity index (χ2v) is 3.65. The second kappa shape index (κ2) is 5.61. The van der Waals surface area contributed by atoms with Crippen LogP contribution in [0.4, 0.5) is 11.4 Å². The van der Waals surface area contributed by atoms with Crippen molar-refractivity contribution in [2.45, 2.75) is 13.8 Å². The van der Waals surface area contributed by atoms with Gasteiger partial charge in [-0.15, -0.1) is 0 Å². The first-order valence-electron chi connectivity index (χ1n) is 5.21. The van der Waals surface area contributed by atoms with E-state index in [9.17, 15) is 0 Å². The maximum absolute atomic E-state index is 5.01. The zero-order chi connectivity index (χ0) is 11.3. The maximum atomic E-state index is 5.01. The SMILES string of the molecule is CNc1cc(C)c(C)cc1NCCOC. The predicted molar refractivity (Wildman–Crippen MR) is 65.8 cm³/mol. The first-order valence-corrected chi connectivity index (χ1v) is 5.21. The van der Waals surface area contributed by atoms with Crippen LogP contribution < -0.4 is 10.6 Å². The van der Waals surface area contributed by atoms with Crippen LogP contribution in [0.5, 0.6) is 0 Å². The number of benzene rings is 1. The van der Waals surface area contributed by atoms with Gasteiger partial charge in [0.25, 0.3) is 0 Å². The van der Waals surface area contributed by atoms with Crippen LogP contribution >= 0.6 is 0 Å². The van der Waals surface area contributed by atoms with Crippen LogP contribution in [-0.4, -0.2) is 27.3 Å². The highest BCUT2D eigenvalue weighted by Crippen LogP contribution is 2.25. The molecule has 0 aliphatic rings. The molecule has 0 aliphatic carbocycles. The Balaban J connectivity index is 2.80. The molecule has 1 aromatic carbocycles. The van der Waals surface area contributed by atoms with Crippen molar-refractivity contribution < 1.29 is 4.74 Å². The number of ether oxygens (including phenoxy) is 1. The van der Waals surface area contributed by atoms with Crippen molar-refractivity contribution in [1.82, 2.24) is 0 Å². The Morgan fingerprint density at radius 1 is 1.13 bits per heavy atom. The third-order valence-electron chi connectivity index (χ3n) is 2.52. The minimum absolute atomic E-state index is 0.718.